The average Bonchev–Trinajstić information content (AvgIpc) is 2.40. The van der Waals surface area contributed by atoms with E-state index in [0.717, 1.165) is 23.7 Å². The van der Waals surface area contributed by atoms with Gasteiger partial charge in [0.1, 0.15) is 4.99 Å². The van der Waals surface area contributed by atoms with Crippen LogP contribution in [0.4, 0.5) is 5.69 Å². The summed E-state index contributed by atoms with van der Waals surface area (Å²) in [5.41, 5.74) is 7.66. The zero-order valence-corrected chi connectivity index (χ0v) is 11.6. The average molecular weight is 262 g/mol. The van der Waals surface area contributed by atoms with Gasteiger partial charge in [-0.1, -0.05) is 44.3 Å². The van der Waals surface area contributed by atoms with Gasteiger partial charge in [0.05, 0.1) is 0 Å². The summed E-state index contributed by atoms with van der Waals surface area (Å²) < 4.78 is 0. The SMILES string of the molecule is NC(=S)c1ccc(NCCC2CCCCC2)cc1. The molecule has 1 aliphatic rings. The number of nitrogens with two attached hydrogens (primary N) is 1. The summed E-state index contributed by atoms with van der Waals surface area (Å²) in [6.45, 7) is 1.07. The van der Waals surface area contributed by atoms with Crippen LogP contribution in [0.3, 0.4) is 0 Å². The van der Waals surface area contributed by atoms with Crippen molar-refractivity contribution in [1.29, 1.82) is 0 Å². The van der Waals surface area contributed by atoms with Crippen LogP contribution in [0.1, 0.15) is 44.1 Å². The van der Waals surface area contributed by atoms with Gasteiger partial charge in [0.25, 0.3) is 0 Å². The van der Waals surface area contributed by atoms with Crippen LogP contribution < -0.4 is 11.1 Å². The molecule has 0 spiro atoms. The monoisotopic (exact) mass is 262 g/mol. The molecule has 18 heavy (non-hydrogen) atoms. The van der Waals surface area contributed by atoms with Gasteiger partial charge in [-0.05, 0) is 36.6 Å². The predicted molar refractivity (Wildman–Crippen MR) is 82.0 cm³/mol. The first-order valence-corrected chi connectivity index (χ1v) is 7.30. The first-order chi connectivity index (χ1) is 8.75. The molecule has 1 saturated carbocycles. The second-order valence-electron chi connectivity index (χ2n) is 5.16. The quantitative estimate of drug-likeness (QED) is 0.795. The number of rotatable bonds is 5. The third-order valence-electron chi connectivity index (χ3n) is 3.78. The molecule has 0 amide bonds. The maximum absolute atomic E-state index is 5.57. The van der Waals surface area contributed by atoms with Gasteiger partial charge in [0, 0.05) is 17.8 Å². The van der Waals surface area contributed by atoms with Crippen molar-refractivity contribution in [3.8, 4) is 0 Å². The Balaban J connectivity index is 1.74. The number of thiocarbonyl (C=S) groups is 1. The molecule has 0 bridgehead atoms. The topological polar surface area (TPSA) is 38.0 Å². The van der Waals surface area contributed by atoms with Crippen molar-refractivity contribution in [2.45, 2.75) is 38.5 Å². The van der Waals surface area contributed by atoms with Crippen molar-refractivity contribution in [1.82, 2.24) is 0 Å². The standard InChI is InChI=1S/C15H22N2S/c16-15(18)13-6-8-14(9-7-13)17-11-10-12-4-2-1-3-5-12/h6-9,12,17H,1-5,10-11H2,(H2,16,18). The third kappa shape index (κ3) is 3.98. The Morgan fingerprint density at radius 1 is 1.17 bits per heavy atom. The normalized spacial score (nSPS) is 16.4. The minimum absolute atomic E-state index is 0.462. The Hall–Kier alpha value is -1.09. The Morgan fingerprint density at radius 3 is 2.44 bits per heavy atom. The highest BCUT2D eigenvalue weighted by molar-refractivity contribution is 7.80. The lowest BCUT2D eigenvalue weighted by Gasteiger charge is -2.21. The van der Waals surface area contributed by atoms with Gasteiger partial charge in [-0.3, -0.25) is 0 Å². The van der Waals surface area contributed by atoms with Gasteiger partial charge in [0.2, 0.25) is 0 Å². The molecule has 1 aromatic rings. The molecule has 0 radical (unpaired) electrons. The molecule has 0 saturated heterocycles. The summed E-state index contributed by atoms with van der Waals surface area (Å²) in [6.07, 6.45) is 8.41. The number of benzene rings is 1. The molecule has 0 unspecified atom stereocenters. The smallest absolute Gasteiger partial charge is 0.103 e. The lowest BCUT2D eigenvalue weighted by atomic mass is 9.87. The van der Waals surface area contributed by atoms with E-state index in [1.165, 1.54) is 38.5 Å². The van der Waals surface area contributed by atoms with E-state index in [0.29, 0.717) is 4.99 Å². The van der Waals surface area contributed by atoms with E-state index in [4.69, 9.17) is 18.0 Å². The van der Waals surface area contributed by atoms with Gasteiger partial charge < -0.3 is 11.1 Å². The Kier molecular flexibility index (Phi) is 5.00. The molecular weight excluding hydrogens is 240 g/mol. The lowest BCUT2D eigenvalue weighted by Crippen LogP contribution is -2.12. The van der Waals surface area contributed by atoms with E-state index in [-0.39, 0.29) is 0 Å². The van der Waals surface area contributed by atoms with E-state index in [1.54, 1.807) is 0 Å². The van der Waals surface area contributed by atoms with Crippen LogP contribution in [0, 0.1) is 5.92 Å². The van der Waals surface area contributed by atoms with Crippen molar-refractivity contribution >= 4 is 22.9 Å². The molecule has 1 aliphatic carbocycles. The molecule has 0 atom stereocenters. The van der Waals surface area contributed by atoms with Crippen LogP contribution in [-0.2, 0) is 0 Å². The number of hydrogen-bond donors (Lipinski definition) is 2. The van der Waals surface area contributed by atoms with Crippen LogP contribution in [0.25, 0.3) is 0 Å². The Labute approximate surface area is 115 Å². The zero-order chi connectivity index (χ0) is 12.8. The van der Waals surface area contributed by atoms with E-state index in [1.807, 2.05) is 12.1 Å². The van der Waals surface area contributed by atoms with Gasteiger partial charge in [-0.25, -0.2) is 0 Å². The molecule has 1 aromatic carbocycles. The highest BCUT2D eigenvalue weighted by Crippen LogP contribution is 2.26. The first kappa shape index (κ1) is 13.3. The Bertz CT molecular complexity index is 380. The summed E-state index contributed by atoms with van der Waals surface area (Å²) >= 11 is 4.94. The second-order valence-corrected chi connectivity index (χ2v) is 5.60. The fraction of sp³-hybridized carbons (Fsp3) is 0.533. The summed E-state index contributed by atoms with van der Waals surface area (Å²) in [5.74, 6) is 0.933. The molecule has 1 fully saturated rings. The summed E-state index contributed by atoms with van der Waals surface area (Å²) in [7, 11) is 0. The number of hydrogen-bond acceptors (Lipinski definition) is 2. The summed E-state index contributed by atoms with van der Waals surface area (Å²) in [5, 5.41) is 3.47. The van der Waals surface area contributed by atoms with Crippen LogP contribution >= 0.6 is 12.2 Å². The maximum Gasteiger partial charge on any atom is 0.103 e. The van der Waals surface area contributed by atoms with Crippen molar-refractivity contribution in [3.63, 3.8) is 0 Å². The molecule has 2 rings (SSSR count). The van der Waals surface area contributed by atoms with Crippen molar-refractivity contribution < 1.29 is 0 Å². The van der Waals surface area contributed by atoms with Crippen molar-refractivity contribution in [2.24, 2.45) is 11.7 Å². The second kappa shape index (κ2) is 6.74. The Morgan fingerprint density at radius 2 is 1.83 bits per heavy atom. The minimum atomic E-state index is 0.462. The third-order valence-corrected chi connectivity index (χ3v) is 4.01. The molecule has 0 aromatic heterocycles. The fourth-order valence-corrected chi connectivity index (χ4v) is 2.78. The highest BCUT2D eigenvalue weighted by atomic mass is 32.1. The van der Waals surface area contributed by atoms with Crippen molar-refractivity contribution in [2.75, 3.05) is 11.9 Å². The van der Waals surface area contributed by atoms with Crippen LogP contribution in [-0.4, -0.2) is 11.5 Å². The van der Waals surface area contributed by atoms with E-state index in [9.17, 15) is 0 Å². The van der Waals surface area contributed by atoms with Gasteiger partial charge in [-0.15, -0.1) is 0 Å². The minimum Gasteiger partial charge on any atom is -0.389 e. The predicted octanol–water partition coefficient (Wildman–Crippen LogP) is 3.70. The fourth-order valence-electron chi connectivity index (χ4n) is 2.65. The molecule has 3 N–H and O–H groups in total. The maximum atomic E-state index is 5.57. The van der Waals surface area contributed by atoms with Gasteiger partial charge in [0.15, 0.2) is 0 Å². The molecule has 0 heterocycles. The van der Waals surface area contributed by atoms with Gasteiger partial charge >= 0.3 is 0 Å². The number of nitrogens with one attached hydrogen (secondary N) is 1. The van der Waals surface area contributed by atoms with E-state index in [2.05, 4.69) is 17.4 Å². The molecular formula is C15H22N2S. The summed E-state index contributed by atoms with van der Waals surface area (Å²) in [4.78, 5) is 0.462. The summed E-state index contributed by atoms with van der Waals surface area (Å²) in [6, 6.07) is 8.06. The molecule has 98 valence electrons. The number of anilines is 1. The van der Waals surface area contributed by atoms with E-state index < -0.39 is 0 Å². The molecule has 0 aliphatic heterocycles. The van der Waals surface area contributed by atoms with Crippen LogP contribution in [0.2, 0.25) is 0 Å². The lowest BCUT2D eigenvalue weighted by molar-refractivity contribution is 0.345. The van der Waals surface area contributed by atoms with Crippen LogP contribution in [0.15, 0.2) is 24.3 Å². The van der Waals surface area contributed by atoms with Crippen molar-refractivity contribution in [3.05, 3.63) is 29.8 Å². The van der Waals surface area contributed by atoms with Gasteiger partial charge in [-0.2, -0.15) is 0 Å². The molecule has 3 heteroatoms. The molecule has 2 nitrogen and oxygen atoms in total. The largest absolute Gasteiger partial charge is 0.389 e. The van der Waals surface area contributed by atoms with E-state index >= 15 is 0 Å². The van der Waals surface area contributed by atoms with Crippen LogP contribution in [0.5, 0.6) is 0 Å². The highest BCUT2D eigenvalue weighted by Gasteiger charge is 2.12. The zero-order valence-electron chi connectivity index (χ0n) is 10.8. The first-order valence-electron chi connectivity index (χ1n) is 6.89.